The van der Waals surface area contributed by atoms with Crippen molar-refractivity contribution < 1.29 is 4.79 Å². The molecule has 4 aromatic rings. The Hall–Kier alpha value is -3.38. The molecule has 4 rings (SSSR count). The molecular weight excluding hydrogens is 466 g/mol. The number of hydrogen-bond donors (Lipinski definition) is 1. The van der Waals surface area contributed by atoms with Crippen LogP contribution in [0.5, 0.6) is 0 Å². The van der Waals surface area contributed by atoms with Crippen LogP contribution in [0.4, 0.5) is 0 Å². The van der Waals surface area contributed by atoms with Crippen LogP contribution in [0.1, 0.15) is 46.5 Å². The highest BCUT2D eigenvalue weighted by molar-refractivity contribution is 7.98. The summed E-state index contributed by atoms with van der Waals surface area (Å²) < 4.78 is 1.78. The van der Waals surface area contributed by atoms with E-state index in [-0.39, 0.29) is 11.5 Å². The van der Waals surface area contributed by atoms with E-state index in [0.29, 0.717) is 46.4 Å². The van der Waals surface area contributed by atoms with E-state index < -0.39 is 0 Å². The standard InChI is InChI=1S/C30H33N3O2S/c1-20(2)18-31-28(34)24-12-13-26-27(17-24)32-30(36-19-25-16-21(3)10-11-22(25)4)33(29(26)35)15-14-23-8-6-5-7-9-23/h5-13,16-17,20H,14-15,18-19H2,1-4H3,(H,31,34). The summed E-state index contributed by atoms with van der Waals surface area (Å²) in [5.41, 5.74) is 5.82. The van der Waals surface area contributed by atoms with Crippen molar-refractivity contribution in [2.24, 2.45) is 5.92 Å². The van der Waals surface area contributed by atoms with Crippen LogP contribution in [-0.4, -0.2) is 22.0 Å². The fraction of sp³-hybridized carbons (Fsp3) is 0.300. The van der Waals surface area contributed by atoms with Gasteiger partial charge >= 0.3 is 0 Å². The van der Waals surface area contributed by atoms with Crippen LogP contribution >= 0.6 is 11.8 Å². The van der Waals surface area contributed by atoms with E-state index in [1.807, 2.05) is 18.2 Å². The Kier molecular flexibility index (Phi) is 8.26. The minimum Gasteiger partial charge on any atom is -0.352 e. The van der Waals surface area contributed by atoms with Crippen LogP contribution in [-0.2, 0) is 18.7 Å². The lowest BCUT2D eigenvalue weighted by molar-refractivity contribution is 0.0949. The van der Waals surface area contributed by atoms with Gasteiger partial charge in [0.2, 0.25) is 0 Å². The van der Waals surface area contributed by atoms with Crippen molar-refractivity contribution in [2.75, 3.05) is 6.54 Å². The Morgan fingerprint density at radius 3 is 2.56 bits per heavy atom. The summed E-state index contributed by atoms with van der Waals surface area (Å²) in [6.45, 7) is 9.44. The number of nitrogens with zero attached hydrogens (tertiary/aromatic N) is 2. The third kappa shape index (κ3) is 6.24. The van der Waals surface area contributed by atoms with Crippen molar-refractivity contribution in [1.82, 2.24) is 14.9 Å². The molecule has 36 heavy (non-hydrogen) atoms. The maximum atomic E-state index is 13.6. The maximum Gasteiger partial charge on any atom is 0.262 e. The van der Waals surface area contributed by atoms with E-state index in [1.165, 1.54) is 22.3 Å². The molecule has 6 heteroatoms. The lowest BCUT2D eigenvalue weighted by Gasteiger charge is -2.15. The van der Waals surface area contributed by atoms with Crippen LogP contribution in [0, 0.1) is 19.8 Å². The van der Waals surface area contributed by atoms with Gasteiger partial charge in [-0.15, -0.1) is 0 Å². The number of rotatable bonds is 9. The largest absolute Gasteiger partial charge is 0.352 e. The number of benzene rings is 3. The van der Waals surface area contributed by atoms with Gasteiger partial charge in [-0.3, -0.25) is 14.2 Å². The van der Waals surface area contributed by atoms with Gasteiger partial charge in [-0.25, -0.2) is 4.98 Å². The summed E-state index contributed by atoms with van der Waals surface area (Å²) >= 11 is 1.57. The molecule has 0 spiro atoms. The molecule has 0 aliphatic heterocycles. The topological polar surface area (TPSA) is 64.0 Å². The molecule has 0 saturated carbocycles. The minimum atomic E-state index is -0.148. The summed E-state index contributed by atoms with van der Waals surface area (Å²) in [7, 11) is 0. The number of hydrogen-bond acceptors (Lipinski definition) is 4. The maximum absolute atomic E-state index is 13.6. The molecule has 1 aromatic heterocycles. The second-order valence-electron chi connectivity index (χ2n) is 9.64. The molecule has 0 unspecified atom stereocenters. The molecule has 5 nitrogen and oxygen atoms in total. The number of fused-ring (bicyclic) bond motifs is 1. The van der Waals surface area contributed by atoms with Crippen LogP contribution < -0.4 is 10.9 Å². The van der Waals surface area contributed by atoms with Crippen molar-refractivity contribution in [3.63, 3.8) is 0 Å². The van der Waals surface area contributed by atoms with Crippen LogP contribution in [0.15, 0.2) is 76.7 Å². The van der Waals surface area contributed by atoms with E-state index >= 15 is 0 Å². The summed E-state index contributed by atoms with van der Waals surface area (Å²) in [5, 5.41) is 4.14. The predicted molar refractivity (Wildman–Crippen MR) is 149 cm³/mol. The normalized spacial score (nSPS) is 11.2. The van der Waals surface area contributed by atoms with Gasteiger partial charge in [0.05, 0.1) is 10.9 Å². The molecule has 0 bridgehead atoms. The number of thioether (sulfide) groups is 1. The van der Waals surface area contributed by atoms with Gasteiger partial charge in [0.1, 0.15) is 0 Å². The average Bonchev–Trinajstić information content (AvgIpc) is 2.87. The lowest BCUT2D eigenvalue weighted by atomic mass is 10.1. The zero-order chi connectivity index (χ0) is 25.7. The molecular formula is C30H33N3O2S. The van der Waals surface area contributed by atoms with Gasteiger partial charge < -0.3 is 5.32 Å². The highest BCUT2D eigenvalue weighted by Gasteiger charge is 2.15. The Balaban J connectivity index is 1.70. The molecule has 0 aliphatic rings. The average molecular weight is 500 g/mol. The fourth-order valence-electron chi connectivity index (χ4n) is 4.03. The summed E-state index contributed by atoms with van der Waals surface area (Å²) in [6, 6.07) is 21.8. The Labute approximate surface area is 217 Å². The number of nitrogens with one attached hydrogen (secondary N) is 1. The Morgan fingerprint density at radius 1 is 1.03 bits per heavy atom. The third-order valence-corrected chi connectivity index (χ3v) is 7.21. The van der Waals surface area contributed by atoms with Gasteiger partial charge in [-0.2, -0.15) is 0 Å². The number of carbonyl (C=O) groups is 1. The molecule has 186 valence electrons. The first-order valence-electron chi connectivity index (χ1n) is 12.4. The number of carbonyl (C=O) groups excluding carboxylic acids is 1. The van der Waals surface area contributed by atoms with Gasteiger partial charge in [-0.1, -0.05) is 79.7 Å². The number of aryl methyl sites for hydroxylation is 3. The van der Waals surface area contributed by atoms with Crippen LogP contribution in [0.2, 0.25) is 0 Å². The van der Waals surface area contributed by atoms with Gasteiger partial charge in [-0.05, 0) is 61.1 Å². The summed E-state index contributed by atoms with van der Waals surface area (Å²) in [6.07, 6.45) is 0.737. The van der Waals surface area contributed by atoms with Crippen molar-refractivity contribution in [3.8, 4) is 0 Å². The van der Waals surface area contributed by atoms with E-state index in [9.17, 15) is 9.59 Å². The zero-order valence-corrected chi connectivity index (χ0v) is 22.2. The zero-order valence-electron chi connectivity index (χ0n) is 21.4. The quantitative estimate of drug-likeness (QED) is 0.229. The Morgan fingerprint density at radius 2 is 1.81 bits per heavy atom. The van der Waals surface area contributed by atoms with Gasteiger partial charge in [0.15, 0.2) is 5.16 Å². The van der Waals surface area contributed by atoms with Gasteiger partial charge in [0, 0.05) is 24.4 Å². The molecule has 0 saturated heterocycles. The fourth-order valence-corrected chi connectivity index (χ4v) is 5.12. The number of amides is 1. The molecule has 3 aromatic carbocycles. The molecule has 0 radical (unpaired) electrons. The lowest BCUT2D eigenvalue weighted by Crippen LogP contribution is -2.28. The van der Waals surface area contributed by atoms with E-state index in [2.05, 4.69) is 63.3 Å². The van der Waals surface area contributed by atoms with E-state index in [0.717, 1.165) is 6.42 Å². The second kappa shape index (κ2) is 11.6. The van der Waals surface area contributed by atoms with Crippen molar-refractivity contribution >= 4 is 28.6 Å². The summed E-state index contributed by atoms with van der Waals surface area (Å²) in [5.74, 6) is 0.924. The van der Waals surface area contributed by atoms with Gasteiger partial charge in [0.25, 0.3) is 11.5 Å². The van der Waals surface area contributed by atoms with Crippen LogP contribution in [0.25, 0.3) is 10.9 Å². The van der Waals surface area contributed by atoms with E-state index in [4.69, 9.17) is 4.98 Å². The van der Waals surface area contributed by atoms with Crippen molar-refractivity contribution in [3.05, 3.63) is 105 Å². The molecule has 1 heterocycles. The SMILES string of the molecule is Cc1ccc(C)c(CSc2nc3cc(C(=O)NCC(C)C)ccc3c(=O)n2CCc2ccccc2)c1. The highest BCUT2D eigenvalue weighted by Crippen LogP contribution is 2.25. The minimum absolute atomic E-state index is 0.0754. The smallest absolute Gasteiger partial charge is 0.262 e. The third-order valence-electron chi connectivity index (χ3n) is 6.18. The molecule has 1 N–H and O–H groups in total. The molecule has 0 fully saturated rings. The van der Waals surface area contributed by atoms with Crippen molar-refractivity contribution in [1.29, 1.82) is 0 Å². The highest BCUT2D eigenvalue weighted by atomic mass is 32.2. The first-order valence-corrected chi connectivity index (χ1v) is 13.4. The molecule has 0 aliphatic carbocycles. The monoisotopic (exact) mass is 499 g/mol. The predicted octanol–water partition coefficient (Wildman–Crippen LogP) is 5.93. The molecule has 0 atom stereocenters. The number of aromatic nitrogens is 2. The first-order chi connectivity index (χ1) is 17.3. The van der Waals surface area contributed by atoms with Crippen LogP contribution in [0.3, 0.4) is 0 Å². The Bertz CT molecular complexity index is 1430. The summed E-state index contributed by atoms with van der Waals surface area (Å²) in [4.78, 5) is 31.1. The second-order valence-corrected chi connectivity index (χ2v) is 10.6. The van der Waals surface area contributed by atoms with Crippen molar-refractivity contribution in [2.45, 2.75) is 51.6 Å². The first kappa shape index (κ1) is 25.7. The van der Waals surface area contributed by atoms with E-state index in [1.54, 1.807) is 34.5 Å². The molecule has 1 amide bonds.